The van der Waals surface area contributed by atoms with Crippen LogP contribution in [0, 0.1) is 28.6 Å². The lowest BCUT2D eigenvalue weighted by molar-refractivity contribution is -0.156. The first-order valence-electron chi connectivity index (χ1n) is 6.43. The molecule has 0 saturated heterocycles. The lowest BCUT2D eigenvalue weighted by atomic mass is 9.45. The van der Waals surface area contributed by atoms with Gasteiger partial charge in [-0.15, -0.1) is 0 Å². The molecule has 90 valence electrons. The zero-order valence-corrected chi connectivity index (χ0v) is 9.91. The van der Waals surface area contributed by atoms with Gasteiger partial charge < -0.3 is 10.8 Å². The second-order valence-corrected chi connectivity index (χ2v) is 6.64. The molecule has 3 N–H and O–H groups in total. The summed E-state index contributed by atoms with van der Waals surface area (Å²) in [6, 6.07) is 0. The van der Waals surface area contributed by atoms with Crippen LogP contribution in [0.5, 0.6) is 0 Å². The van der Waals surface area contributed by atoms with Crippen LogP contribution in [-0.4, -0.2) is 17.6 Å². The minimum Gasteiger partial charge on any atom is -0.481 e. The average molecular weight is 223 g/mol. The van der Waals surface area contributed by atoms with E-state index in [1.165, 1.54) is 25.7 Å². The van der Waals surface area contributed by atoms with Gasteiger partial charge in [-0.2, -0.15) is 0 Å². The van der Waals surface area contributed by atoms with Gasteiger partial charge in [0.05, 0.1) is 6.42 Å². The van der Waals surface area contributed by atoms with Gasteiger partial charge in [0.2, 0.25) is 0 Å². The molecule has 2 bridgehead atoms. The molecule has 0 heterocycles. The van der Waals surface area contributed by atoms with Crippen LogP contribution >= 0.6 is 0 Å². The van der Waals surface area contributed by atoms with Gasteiger partial charge in [-0.25, -0.2) is 0 Å². The first kappa shape index (κ1) is 10.6. The number of fused-ring (bicyclic) bond motifs is 1. The lowest BCUT2D eigenvalue weighted by Gasteiger charge is -2.59. The lowest BCUT2D eigenvalue weighted by Crippen LogP contribution is -2.59. The van der Waals surface area contributed by atoms with Crippen molar-refractivity contribution >= 4 is 5.97 Å². The van der Waals surface area contributed by atoms with Crippen LogP contribution in [0.25, 0.3) is 0 Å². The molecule has 0 aromatic rings. The quantitative estimate of drug-likeness (QED) is 0.767. The SMILES string of the molecule is C[C@]12CCC3[C@H](C1)[C@H](C2)[C@]3(CN)CC(=O)O. The largest absolute Gasteiger partial charge is 0.481 e. The Bertz CT molecular complexity index is 343. The number of carbonyl (C=O) groups is 1. The van der Waals surface area contributed by atoms with Crippen LogP contribution in [0.15, 0.2) is 0 Å². The molecule has 0 radical (unpaired) electrons. The highest BCUT2D eigenvalue weighted by Crippen LogP contribution is 2.73. The van der Waals surface area contributed by atoms with E-state index < -0.39 is 5.97 Å². The van der Waals surface area contributed by atoms with Crippen LogP contribution in [0.1, 0.15) is 39.0 Å². The van der Waals surface area contributed by atoms with Gasteiger partial charge in [0.25, 0.3) is 0 Å². The summed E-state index contributed by atoms with van der Waals surface area (Å²) in [7, 11) is 0. The van der Waals surface area contributed by atoms with Crippen LogP contribution in [-0.2, 0) is 4.79 Å². The summed E-state index contributed by atoms with van der Waals surface area (Å²) in [5, 5.41) is 9.10. The van der Waals surface area contributed by atoms with Gasteiger partial charge >= 0.3 is 5.97 Å². The molecule has 5 atom stereocenters. The molecule has 0 spiro atoms. The third-order valence-electron chi connectivity index (χ3n) is 5.87. The summed E-state index contributed by atoms with van der Waals surface area (Å²) in [6.45, 7) is 2.95. The summed E-state index contributed by atoms with van der Waals surface area (Å²) < 4.78 is 0. The van der Waals surface area contributed by atoms with Gasteiger partial charge in [-0.1, -0.05) is 6.92 Å². The zero-order valence-electron chi connectivity index (χ0n) is 9.91. The average Bonchev–Trinajstić information content (AvgIpc) is 2.37. The molecular weight excluding hydrogens is 202 g/mol. The summed E-state index contributed by atoms with van der Waals surface area (Å²) >= 11 is 0. The van der Waals surface area contributed by atoms with E-state index in [1.54, 1.807) is 0 Å². The van der Waals surface area contributed by atoms with Crippen molar-refractivity contribution in [2.75, 3.05) is 6.54 Å². The second-order valence-electron chi connectivity index (χ2n) is 6.64. The number of rotatable bonds is 3. The third-order valence-corrected chi connectivity index (χ3v) is 5.87. The smallest absolute Gasteiger partial charge is 0.303 e. The summed E-state index contributed by atoms with van der Waals surface area (Å²) in [5.74, 6) is 1.34. The molecule has 1 unspecified atom stereocenters. The van der Waals surface area contributed by atoms with Crippen molar-refractivity contribution in [3.8, 4) is 0 Å². The minimum atomic E-state index is -0.663. The number of nitrogens with two attached hydrogens (primary N) is 1. The molecule has 3 heteroatoms. The van der Waals surface area contributed by atoms with Gasteiger partial charge in [-0.3, -0.25) is 4.79 Å². The standard InChI is InChI=1S/C13H21NO2/c1-12-3-2-9-8(4-12)10(5-12)13(9,7-14)6-11(15)16/h8-10H,2-7,14H2,1H3,(H,15,16)/t8-,9?,10-,12-,13-/m0/s1. The highest BCUT2D eigenvalue weighted by molar-refractivity contribution is 5.68. The van der Waals surface area contributed by atoms with Gasteiger partial charge in [-0.05, 0) is 60.8 Å². The Morgan fingerprint density at radius 1 is 1.44 bits per heavy atom. The van der Waals surface area contributed by atoms with E-state index in [9.17, 15) is 4.79 Å². The van der Waals surface area contributed by atoms with Gasteiger partial charge in [0, 0.05) is 0 Å². The van der Waals surface area contributed by atoms with Crippen molar-refractivity contribution in [3.63, 3.8) is 0 Å². The first-order chi connectivity index (χ1) is 7.51. The Morgan fingerprint density at radius 2 is 2.19 bits per heavy atom. The Labute approximate surface area is 96.4 Å². The predicted molar refractivity (Wildman–Crippen MR) is 60.8 cm³/mol. The molecule has 3 saturated carbocycles. The molecule has 3 aliphatic rings. The fourth-order valence-electron chi connectivity index (χ4n) is 5.24. The molecule has 0 amide bonds. The molecule has 3 aliphatic carbocycles. The topological polar surface area (TPSA) is 63.3 Å². The molecule has 3 fully saturated rings. The fraction of sp³-hybridized carbons (Fsp3) is 0.923. The first-order valence-corrected chi connectivity index (χ1v) is 6.43. The number of aliphatic carboxylic acids is 1. The number of hydrogen-bond donors (Lipinski definition) is 2. The number of hydrogen-bond acceptors (Lipinski definition) is 2. The highest BCUT2D eigenvalue weighted by Gasteiger charge is 2.68. The van der Waals surface area contributed by atoms with E-state index in [0.29, 0.717) is 30.2 Å². The molecule has 0 aromatic carbocycles. The summed E-state index contributed by atoms with van der Waals surface area (Å²) in [5.41, 5.74) is 6.39. The highest BCUT2D eigenvalue weighted by atomic mass is 16.4. The maximum atomic E-state index is 11.1. The minimum absolute atomic E-state index is 0.0508. The number of carboxylic acid groups (broad SMARTS) is 1. The van der Waals surface area contributed by atoms with Crippen LogP contribution < -0.4 is 5.73 Å². The monoisotopic (exact) mass is 223 g/mol. The third kappa shape index (κ3) is 1.10. The molecule has 0 aromatic heterocycles. The van der Waals surface area contributed by atoms with Gasteiger partial charge in [0.1, 0.15) is 0 Å². The normalized spacial score (nSPS) is 53.5. The van der Waals surface area contributed by atoms with E-state index in [-0.39, 0.29) is 5.41 Å². The van der Waals surface area contributed by atoms with E-state index in [0.717, 1.165) is 5.92 Å². The van der Waals surface area contributed by atoms with Crippen molar-refractivity contribution in [2.45, 2.75) is 39.0 Å². The van der Waals surface area contributed by atoms with Crippen molar-refractivity contribution in [2.24, 2.45) is 34.3 Å². The van der Waals surface area contributed by atoms with Gasteiger partial charge in [0.15, 0.2) is 0 Å². The van der Waals surface area contributed by atoms with E-state index >= 15 is 0 Å². The van der Waals surface area contributed by atoms with E-state index in [4.69, 9.17) is 10.8 Å². The molecule has 16 heavy (non-hydrogen) atoms. The zero-order chi connectivity index (χ0) is 11.6. The van der Waals surface area contributed by atoms with E-state index in [2.05, 4.69) is 6.92 Å². The number of carboxylic acids is 1. The summed E-state index contributed by atoms with van der Waals surface area (Å²) in [6.07, 6.45) is 5.34. The molecule has 3 nitrogen and oxygen atoms in total. The van der Waals surface area contributed by atoms with Crippen molar-refractivity contribution < 1.29 is 9.90 Å². The van der Waals surface area contributed by atoms with Crippen molar-refractivity contribution in [3.05, 3.63) is 0 Å². The van der Waals surface area contributed by atoms with E-state index in [1.807, 2.05) is 0 Å². The summed E-state index contributed by atoms with van der Waals surface area (Å²) in [4.78, 5) is 11.1. The maximum Gasteiger partial charge on any atom is 0.303 e. The molecular formula is C13H21NO2. The maximum absolute atomic E-state index is 11.1. The second kappa shape index (κ2) is 3.00. The Kier molecular flexibility index (Phi) is 1.99. The molecule has 0 aliphatic heterocycles. The molecule has 3 rings (SSSR count). The predicted octanol–water partition coefficient (Wildman–Crippen LogP) is 1.86. The Morgan fingerprint density at radius 3 is 2.81 bits per heavy atom. The Balaban J connectivity index is 1.90. The Hall–Kier alpha value is -0.570. The van der Waals surface area contributed by atoms with Crippen molar-refractivity contribution in [1.29, 1.82) is 0 Å². The van der Waals surface area contributed by atoms with Crippen LogP contribution in [0.3, 0.4) is 0 Å². The van der Waals surface area contributed by atoms with Crippen LogP contribution in [0.2, 0.25) is 0 Å². The van der Waals surface area contributed by atoms with Crippen LogP contribution in [0.4, 0.5) is 0 Å². The fourth-order valence-corrected chi connectivity index (χ4v) is 5.24. The van der Waals surface area contributed by atoms with Crippen molar-refractivity contribution in [1.82, 2.24) is 0 Å².